The first-order valence-electron chi connectivity index (χ1n) is 3.85. The van der Waals surface area contributed by atoms with E-state index in [1.54, 1.807) is 0 Å². The molecule has 0 radical (unpaired) electrons. The Morgan fingerprint density at radius 3 is 2.59 bits per heavy atom. The van der Waals surface area contributed by atoms with Gasteiger partial charge in [0.15, 0.2) is 0 Å². The van der Waals surface area contributed by atoms with Gasteiger partial charge in [-0.3, -0.25) is 0 Å². The molecule has 0 amide bonds. The quantitative estimate of drug-likeness (QED) is 0.623. The minimum atomic E-state index is -5.11. The van der Waals surface area contributed by atoms with E-state index in [4.69, 9.17) is 11.0 Å². The molecule has 0 bridgehead atoms. The molecule has 0 aliphatic rings. The topological polar surface area (TPSA) is 115 Å². The van der Waals surface area contributed by atoms with E-state index in [9.17, 15) is 23.3 Å². The van der Waals surface area contributed by atoms with Crippen LogP contribution in [0.25, 0.3) is 0 Å². The largest absolute Gasteiger partial charge is 0.575 e. The molecule has 7 nitrogen and oxygen atoms in total. The van der Waals surface area contributed by atoms with Crippen molar-refractivity contribution in [3.8, 4) is 11.9 Å². The Bertz CT molecular complexity index is 508. The summed E-state index contributed by atoms with van der Waals surface area (Å²) in [5, 5.41) is 18.9. The highest BCUT2D eigenvalue weighted by Crippen LogP contribution is 2.31. The van der Waals surface area contributed by atoms with E-state index in [2.05, 4.69) is 9.72 Å². The van der Waals surface area contributed by atoms with Crippen LogP contribution in [-0.2, 0) is 0 Å². The number of halogens is 3. The lowest BCUT2D eigenvalue weighted by molar-refractivity contribution is -0.390. The Labute approximate surface area is 91.4 Å². The zero-order chi connectivity index (χ0) is 13.2. The SMILES string of the molecule is N#Cc1cc([N+](=O)[O-])nc(OC(F)(F)F)c1N. The van der Waals surface area contributed by atoms with Crippen LogP contribution in [0.4, 0.5) is 24.7 Å². The Hall–Kier alpha value is -2.57. The fraction of sp³-hybridized carbons (Fsp3) is 0.143. The predicted molar refractivity (Wildman–Crippen MR) is 46.7 cm³/mol. The van der Waals surface area contributed by atoms with Gasteiger partial charge in [0.05, 0.1) is 11.6 Å². The van der Waals surface area contributed by atoms with Gasteiger partial charge in [0.1, 0.15) is 11.8 Å². The third-order valence-corrected chi connectivity index (χ3v) is 1.53. The molecular formula is C7H3F3N4O3. The van der Waals surface area contributed by atoms with Crippen LogP contribution in [0.15, 0.2) is 6.07 Å². The highest BCUT2D eigenvalue weighted by atomic mass is 19.4. The fourth-order valence-electron chi connectivity index (χ4n) is 0.892. The number of nitro groups is 1. The van der Waals surface area contributed by atoms with Crippen molar-refractivity contribution < 1.29 is 22.8 Å². The maximum atomic E-state index is 11.9. The average molecular weight is 248 g/mol. The lowest BCUT2D eigenvalue weighted by atomic mass is 10.2. The molecule has 2 N–H and O–H groups in total. The molecule has 1 aromatic heterocycles. The smallest absolute Gasteiger partial charge is 0.391 e. The molecule has 17 heavy (non-hydrogen) atoms. The normalized spacial score (nSPS) is 10.7. The number of alkyl halides is 3. The van der Waals surface area contributed by atoms with Crippen LogP contribution in [0.2, 0.25) is 0 Å². The fourth-order valence-corrected chi connectivity index (χ4v) is 0.892. The first-order valence-corrected chi connectivity index (χ1v) is 3.85. The molecule has 1 aromatic rings. The van der Waals surface area contributed by atoms with Crippen molar-refractivity contribution >= 4 is 11.5 Å². The monoisotopic (exact) mass is 248 g/mol. The molecule has 0 saturated heterocycles. The molecule has 10 heteroatoms. The Balaban J connectivity index is 3.34. The van der Waals surface area contributed by atoms with Gasteiger partial charge >= 0.3 is 18.1 Å². The summed E-state index contributed by atoms with van der Waals surface area (Å²) >= 11 is 0. The lowest BCUT2D eigenvalue weighted by Crippen LogP contribution is -2.19. The molecule has 0 atom stereocenters. The van der Waals surface area contributed by atoms with Crippen molar-refractivity contribution in [3.63, 3.8) is 0 Å². The van der Waals surface area contributed by atoms with Crippen molar-refractivity contribution in [1.29, 1.82) is 5.26 Å². The zero-order valence-electron chi connectivity index (χ0n) is 7.85. The predicted octanol–water partition coefficient (Wildman–Crippen LogP) is 1.34. The van der Waals surface area contributed by atoms with Crippen LogP contribution in [0.1, 0.15) is 5.56 Å². The van der Waals surface area contributed by atoms with Crippen LogP contribution in [0.5, 0.6) is 5.88 Å². The number of nitrogens with two attached hydrogens (primary N) is 1. The molecule has 0 fully saturated rings. The van der Waals surface area contributed by atoms with E-state index in [1.165, 1.54) is 6.07 Å². The van der Waals surface area contributed by atoms with Gasteiger partial charge in [-0.25, -0.2) is 0 Å². The van der Waals surface area contributed by atoms with E-state index in [0.717, 1.165) is 0 Å². The van der Waals surface area contributed by atoms with Gasteiger partial charge in [-0.15, -0.1) is 13.2 Å². The standard InChI is InChI=1S/C7H3F3N4O3/c8-7(9,10)17-6-5(12)3(2-11)1-4(13-6)14(15)16/h1H,12H2. The molecule has 0 saturated carbocycles. The number of aromatic nitrogens is 1. The van der Waals surface area contributed by atoms with Gasteiger partial charge in [0.25, 0.3) is 0 Å². The van der Waals surface area contributed by atoms with E-state index < -0.39 is 34.2 Å². The second kappa shape index (κ2) is 4.12. The van der Waals surface area contributed by atoms with Crippen molar-refractivity contribution in [1.82, 2.24) is 4.98 Å². The minimum absolute atomic E-state index is 0.522. The summed E-state index contributed by atoms with van der Waals surface area (Å²) in [4.78, 5) is 12.2. The molecule has 90 valence electrons. The van der Waals surface area contributed by atoms with Crippen LogP contribution in [0, 0.1) is 21.4 Å². The second-order valence-corrected chi connectivity index (χ2v) is 2.66. The first-order chi connectivity index (χ1) is 7.74. The molecule has 0 aliphatic heterocycles. The van der Waals surface area contributed by atoms with Crippen LogP contribution in [-0.4, -0.2) is 16.3 Å². The van der Waals surface area contributed by atoms with Crippen LogP contribution < -0.4 is 10.5 Å². The van der Waals surface area contributed by atoms with Crippen molar-refractivity contribution in [2.24, 2.45) is 0 Å². The summed E-state index contributed by atoms with van der Waals surface area (Å²) in [6, 6.07) is 2.05. The van der Waals surface area contributed by atoms with Crippen molar-refractivity contribution in [3.05, 3.63) is 21.7 Å². The summed E-state index contributed by atoms with van der Waals surface area (Å²) in [5.41, 5.74) is 3.90. The number of ether oxygens (including phenoxy) is 1. The zero-order valence-corrected chi connectivity index (χ0v) is 7.85. The van der Waals surface area contributed by atoms with Crippen LogP contribution in [0.3, 0.4) is 0 Å². The van der Waals surface area contributed by atoms with Gasteiger partial charge < -0.3 is 20.6 Å². The number of nitriles is 1. The number of pyridine rings is 1. The highest BCUT2D eigenvalue weighted by Gasteiger charge is 2.36. The van der Waals surface area contributed by atoms with Gasteiger partial charge in [0, 0.05) is 4.98 Å². The third-order valence-electron chi connectivity index (χ3n) is 1.53. The Morgan fingerprint density at radius 1 is 1.59 bits per heavy atom. The maximum Gasteiger partial charge on any atom is 0.575 e. The van der Waals surface area contributed by atoms with Gasteiger partial charge in [0.2, 0.25) is 0 Å². The molecule has 0 aliphatic carbocycles. The van der Waals surface area contributed by atoms with E-state index in [0.29, 0.717) is 6.07 Å². The molecule has 0 unspecified atom stereocenters. The summed E-state index contributed by atoms with van der Waals surface area (Å²) in [5.74, 6) is -2.18. The summed E-state index contributed by atoms with van der Waals surface area (Å²) in [6.45, 7) is 0. The minimum Gasteiger partial charge on any atom is -0.391 e. The number of anilines is 1. The summed E-state index contributed by atoms with van der Waals surface area (Å²) in [6.07, 6.45) is -5.11. The summed E-state index contributed by atoms with van der Waals surface area (Å²) in [7, 11) is 0. The van der Waals surface area contributed by atoms with E-state index in [1.807, 2.05) is 0 Å². The second-order valence-electron chi connectivity index (χ2n) is 2.66. The molecule has 1 rings (SSSR count). The highest BCUT2D eigenvalue weighted by molar-refractivity contribution is 5.62. The molecular weight excluding hydrogens is 245 g/mol. The number of nitrogens with zero attached hydrogens (tertiary/aromatic N) is 3. The van der Waals surface area contributed by atoms with Gasteiger partial charge in [-0.05, 0) is 4.92 Å². The first kappa shape index (κ1) is 12.5. The molecule has 0 spiro atoms. The summed E-state index contributed by atoms with van der Waals surface area (Å²) < 4.78 is 39.1. The van der Waals surface area contributed by atoms with E-state index in [-0.39, 0.29) is 0 Å². The maximum absolute atomic E-state index is 11.9. The molecule has 1 heterocycles. The Morgan fingerprint density at radius 2 is 2.18 bits per heavy atom. The third kappa shape index (κ3) is 2.94. The average Bonchev–Trinajstić information content (AvgIpc) is 2.18. The number of hydrogen-bond donors (Lipinski definition) is 1. The van der Waals surface area contributed by atoms with Gasteiger partial charge in [-0.2, -0.15) is 5.26 Å². The van der Waals surface area contributed by atoms with Crippen molar-refractivity contribution in [2.45, 2.75) is 6.36 Å². The van der Waals surface area contributed by atoms with E-state index >= 15 is 0 Å². The lowest BCUT2D eigenvalue weighted by Gasteiger charge is -2.07. The van der Waals surface area contributed by atoms with Crippen LogP contribution >= 0.6 is 0 Å². The molecule has 0 aromatic carbocycles. The number of rotatable bonds is 2. The number of nitrogen functional groups attached to an aromatic ring is 1. The van der Waals surface area contributed by atoms with Gasteiger partial charge in [-0.1, -0.05) is 0 Å². The Kier molecular flexibility index (Phi) is 3.03. The number of hydrogen-bond acceptors (Lipinski definition) is 6. The van der Waals surface area contributed by atoms with Crippen molar-refractivity contribution in [2.75, 3.05) is 5.73 Å².